The first-order valence-corrected chi connectivity index (χ1v) is 10.0. The van der Waals surface area contributed by atoms with Crippen molar-refractivity contribution in [1.29, 1.82) is 0 Å². The van der Waals surface area contributed by atoms with Crippen LogP contribution in [0, 0.1) is 0 Å². The number of piperazine rings is 1. The van der Waals surface area contributed by atoms with E-state index < -0.39 is 0 Å². The SMILES string of the molecule is Nc1ncnn2c(CCCN3CCN(CC(=O)N4CCCC4)CC3)ccc12. The van der Waals surface area contributed by atoms with E-state index in [2.05, 4.69) is 25.9 Å². The molecular weight excluding hydrogens is 342 g/mol. The third kappa shape index (κ3) is 4.22. The van der Waals surface area contributed by atoms with Crippen molar-refractivity contribution in [3.8, 4) is 0 Å². The van der Waals surface area contributed by atoms with E-state index in [-0.39, 0.29) is 0 Å². The van der Waals surface area contributed by atoms with Gasteiger partial charge in [0.2, 0.25) is 5.91 Å². The third-order valence-electron chi connectivity index (χ3n) is 5.75. The number of aryl methyl sites for hydroxylation is 1. The Hall–Kier alpha value is -2.19. The van der Waals surface area contributed by atoms with Crippen LogP contribution in [0.5, 0.6) is 0 Å². The Morgan fingerprint density at radius 2 is 1.78 bits per heavy atom. The minimum atomic E-state index is 0.308. The third-order valence-corrected chi connectivity index (χ3v) is 5.75. The van der Waals surface area contributed by atoms with Crippen molar-refractivity contribution in [2.75, 3.05) is 58.1 Å². The van der Waals surface area contributed by atoms with Crippen LogP contribution in [0.4, 0.5) is 5.82 Å². The zero-order valence-electron chi connectivity index (χ0n) is 15.9. The topological polar surface area (TPSA) is 83.0 Å². The largest absolute Gasteiger partial charge is 0.382 e. The van der Waals surface area contributed by atoms with Crippen LogP contribution in [0.25, 0.3) is 5.52 Å². The summed E-state index contributed by atoms with van der Waals surface area (Å²) < 4.78 is 1.89. The molecule has 27 heavy (non-hydrogen) atoms. The maximum Gasteiger partial charge on any atom is 0.236 e. The fraction of sp³-hybridized carbons (Fsp3) is 0.632. The van der Waals surface area contributed by atoms with Gasteiger partial charge in [-0.15, -0.1) is 0 Å². The van der Waals surface area contributed by atoms with Gasteiger partial charge in [0, 0.05) is 45.0 Å². The molecule has 8 nitrogen and oxygen atoms in total. The first-order valence-electron chi connectivity index (χ1n) is 10.0. The minimum Gasteiger partial charge on any atom is -0.382 e. The fourth-order valence-corrected chi connectivity index (χ4v) is 4.11. The molecule has 0 atom stereocenters. The first-order chi connectivity index (χ1) is 13.2. The molecule has 2 aliphatic rings. The Morgan fingerprint density at radius 3 is 2.56 bits per heavy atom. The van der Waals surface area contributed by atoms with Crippen LogP contribution >= 0.6 is 0 Å². The number of fused-ring (bicyclic) bond motifs is 1. The standard InChI is InChI=1S/C19H29N7O/c20-19-17-6-5-16(26(17)22-15-21-19)4-3-7-23-10-12-24(13-11-23)14-18(27)25-8-1-2-9-25/h5-6,15H,1-4,7-14H2,(H2,20,21,22). The van der Waals surface area contributed by atoms with E-state index in [0.29, 0.717) is 18.3 Å². The number of amides is 1. The number of carbonyl (C=O) groups is 1. The Labute approximate surface area is 159 Å². The Morgan fingerprint density at radius 1 is 1.04 bits per heavy atom. The molecular formula is C19H29N7O. The van der Waals surface area contributed by atoms with Gasteiger partial charge in [-0.05, 0) is 44.4 Å². The summed E-state index contributed by atoms with van der Waals surface area (Å²) in [6.45, 7) is 7.60. The molecule has 0 aliphatic carbocycles. The summed E-state index contributed by atoms with van der Waals surface area (Å²) in [5.41, 5.74) is 7.94. The lowest BCUT2D eigenvalue weighted by Gasteiger charge is -2.35. The molecule has 0 bridgehead atoms. The van der Waals surface area contributed by atoms with Gasteiger partial charge in [0.05, 0.1) is 6.54 Å². The highest BCUT2D eigenvalue weighted by Gasteiger charge is 2.23. The second-order valence-electron chi connectivity index (χ2n) is 7.58. The van der Waals surface area contributed by atoms with Crippen molar-refractivity contribution in [1.82, 2.24) is 29.3 Å². The highest BCUT2D eigenvalue weighted by Crippen LogP contribution is 2.15. The second-order valence-corrected chi connectivity index (χ2v) is 7.58. The summed E-state index contributed by atoms with van der Waals surface area (Å²) >= 11 is 0. The maximum absolute atomic E-state index is 12.3. The lowest BCUT2D eigenvalue weighted by molar-refractivity contribution is -0.131. The average molecular weight is 371 g/mol. The van der Waals surface area contributed by atoms with E-state index in [1.54, 1.807) is 0 Å². The Balaban J connectivity index is 1.19. The molecule has 1 amide bonds. The predicted molar refractivity (Wildman–Crippen MR) is 104 cm³/mol. The molecule has 4 heterocycles. The number of aromatic nitrogens is 3. The lowest BCUT2D eigenvalue weighted by Crippen LogP contribution is -2.49. The van der Waals surface area contributed by atoms with E-state index in [1.807, 2.05) is 15.5 Å². The summed E-state index contributed by atoms with van der Waals surface area (Å²) in [5.74, 6) is 0.832. The zero-order chi connectivity index (χ0) is 18.6. The molecule has 0 aromatic carbocycles. The number of hydrogen-bond donors (Lipinski definition) is 1. The van der Waals surface area contributed by atoms with E-state index in [0.717, 1.165) is 77.0 Å². The van der Waals surface area contributed by atoms with Gasteiger partial charge in [0.25, 0.3) is 0 Å². The predicted octanol–water partition coefficient (Wildman–Crippen LogP) is 0.484. The van der Waals surface area contributed by atoms with Crippen LogP contribution < -0.4 is 5.73 Å². The molecule has 0 saturated carbocycles. The van der Waals surface area contributed by atoms with Gasteiger partial charge < -0.3 is 15.5 Å². The molecule has 2 aliphatic heterocycles. The summed E-state index contributed by atoms with van der Waals surface area (Å²) in [5, 5.41) is 4.31. The number of likely N-dealkylation sites (tertiary alicyclic amines) is 1. The van der Waals surface area contributed by atoms with Crippen molar-refractivity contribution < 1.29 is 4.79 Å². The average Bonchev–Trinajstić information content (AvgIpc) is 3.34. The molecule has 2 saturated heterocycles. The minimum absolute atomic E-state index is 0.308. The van der Waals surface area contributed by atoms with Gasteiger partial charge >= 0.3 is 0 Å². The number of nitrogens with two attached hydrogens (primary N) is 1. The smallest absolute Gasteiger partial charge is 0.236 e. The van der Waals surface area contributed by atoms with Crippen LogP contribution in [-0.2, 0) is 11.2 Å². The van der Waals surface area contributed by atoms with Gasteiger partial charge in [-0.25, -0.2) is 9.50 Å². The molecule has 0 radical (unpaired) electrons. The molecule has 8 heteroatoms. The maximum atomic E-state index is 12.3. The van der Waals surface area contributed by atoms with E-state index >= 15 is 0 Å². The van der Waals surface area contributed by atoms with E-state index in [4.69, 9.17) is 5.73 Å². The first kappa shape index (κ1) is 18.2. The number of hydrogen-bond acceptors (Lipinski definition) is 6. The van der Waals surface area contributed by atoms with Gasteiger partial charge in [-0.3, -0.25) is 9.69 Å². The second kappa shape index (κ2) is 8.22. The van der Waals surface area contributed by atoms with Crippen molar-refractivity contribution in [3.63, 3.8) is 0 Å². The van der Waals surface area contributed by atoms with Crippen LogP contribution in [0.3, 0.4) is 0 Å². The zero-order valence-corrected chi connectivity index (χ0v) is 15.9. The number of nitrogen functional groups attached to an aromatic ring is 1. The van der Waals surface area contributed by atoms with Crippen molar-refractivity contribution >= 4 is 17.2 Å². The normalized spacial score (nSPS) is 19.2. The molecule has 0 spiro atoms. The summed E-state index contributed by atoms with van der Waals surface area (Å²) in [4.78, 5) is 23.1. The highest BCUT2D eigenvalue weighted by atomic mass is 16.2. The lowest BCUT2D eigenvalue weighted by atomic mass is 10.2. The fourth-order valence-electron chi connectivity index (χ4n) is 4.11. The number of carbonyl (C=O) groups excluding carboxylic acids is 1. The molecule has 4 rings (SSSR count). The Kier molecular flexibility index (Phi) is 5.54. The van der Waals surface area contributed by atoms with Gasteiger partial charge in [-0.2, -0.15) is 5.10 Å². The Bertz CT molecular complexity index is 775. The molecule has 2 aromatic heterocycles. The van der Waals surface area contributed by atoms with Gasteiger partial charge in [-0.1, -0.05) is 0 Å². The molecule has 2 aromatic rings. The molecule has 146 valence electrons. The van der Waals surface area contributed by atoms with Crippen molar-refractivity contribution in [3.05, 3.63) is 24.2 Å². The monoisotopic (exact) mass is 371 g/mol. The quantitative estimate of drug-likeness (QED) is 0.795. The van der Waals surface area contributed by atoms with Crippen LogP contribution in [0.1, 0.15) is 25.0 Å². The van der Waals surface area contributed by atoms with Crippen molar-refractivity contribution in [2.45, 2.75) is 25.7 Å². The van der Waals surface area contributed by atoms with Gasteiger partial charge in [0.1, 0.15) is 11.8 Å². The number of anilines is 1. The summed E-state index contributed by atoms with van der Waals surface area (Å²) in [6.07, 6.45) is 5.89. The number of nitrogens with zero attached hydrogens (tertiary/aromatic N) is 6. The van der Waals surface area contributed by atoms with Crippen molar-refractivity contribution in [2.24, 2.45) is 0 Å². The summed E-state index contributed by atoms with van der Waals surface area (Å²) in [6, 6.07) is 4.07. The van der Waals surface area contributed by atoms with Gasteiger partial charge in [0.15, 0.2) is 5.82 Å². The highest BCUT2D eigenvalue weighted by molar-refractivity contribution is 5.78. The van der Waals surface area contributed by atoms with Crippen LogP contribution in [0.15, 0.2) is 18.5 Å². The van der Waals surface area contributed by atoms with E-state index in [9.17, 15) is 4.79 Å². The van der Waals surface area contributed by atoms with E-state index in [1.165, 1.54) is 12.0 Å². The van der Waals surface area contributed by atoms with Crippen LogP contribution in [-0.4, -0.2) is 87.6 Å². The van der Waals surface area contributed by atoms with Crippen LogP contribution in [0.2, 0.25) is 0 Å². The molecule has 0 unspecified atom stereocenters. The molecule has 2 fully saturated rings. The molecule has 2 N–H and O–H groups in total. The number of rotatable bonds is 6. The summed E-state index contributed by atoms with van der Waals surface area (Å²) in [7, 11) is 0.